The van der Waals surface area contributed by atoms with E-state index in [-0.39, 0.29) is 25.7 Å². The minimum atomic E-state index is -4.96. The van der Waals surface area contributed by atoms with Crippen molar-refractivity contribution in [2.24, 2.45) is 0 Å². The summed E-state index contributed by atoms with van der Waals surface area (Å²) in [7, 11) is -9.90. The average molecular weight is 1420 g/mol. The summed E-state index contributed by atoms with van der Waals surface area (Å²) in [5.74, 6) is -2.12. The largest absolute Gasteiger partial charge is 0.472 e. The van der Waals surface area contributed by atoms with E-state index >= 15 is 0 Å². The van der Waals surface area contributed by atoms with E-state index in [9.17, 15) is 43.2 Å². The third kappa shape index (κ3) is 72.2. The van der Waals surface area contributed by atoms with E-state index in [0.29, 0.717) is 25.7 Å². The molecule has 0 aromatic heterocycles. The summed E-state index contributed by atoms with van der Waals surface area (Å²) in [5, 5.41) is 10.6. The van der Waals surface area contributed by atoms with Gasteiger partial charge in [-0.05, 0) is 25.7 Å². The van der Waals surface area contributed by atoms with Crippen LogP contribution in [0.15, 0.2) is 0 Å². The van der Waals surface area contributed by atoms with Crippen LogP contribution in [0.3, 0.4) is 0 Å². The van der Waals surface area contributed by atoms with Crippen LogP contribution in [0.4, 0.5) is 0 Å². The van der Waals surface area contributed by atoms with Crippen molar-refractivity contribution >= 4 is 39.5 Å². The predicted octanol–water partition coefficient (Wildman–Crippen LogP) is 23.4. The van der Waals surface area contributed by atoms with Crippen molar-refractivity contribution in [3.8, 4) is 0 Å². The second-order valence-corrected chi connectivity index (χ2v) is 31.0. The molecule has 0 bridgehead atoms. The Morgan fingerprint density at radius 2 is 0.412 bits per heavy atom. The molecular weight excluding hydrogens is 1270 g/mol. The Hall–Kier alpha value is -1.94. The lowest BCUT2D eigenvalue weighted by molar-refractivity contribution is -0.161. The standard InChI is InChI=1S/C78H152O17P2/c1-5-9-13-17-21-25-27-29-31-33-35-36-38-40-42-44-46-49-53-57-61-65-78(83)95-74(69-89-76(81)63-59-55-51-48-45-43-41-39-37-34-32-30-28-26-22-18-14-10-6-2)71-93-97(86,87)91-67-72(79)66-90-96(84,85)92-70-73(68-88-75(80)62-58-54-50-24-20-16-12-8-4)94-77(82)64-60-56-52-47-23-19-15-11-7-3/h72-74,79H,5-71H2,1-4H3,(H,84,85)(H,86,87)/t72-,73+,74+/m0/s1. The van der Waals surface area contributed by atoms with E-state index in [1.165, 1.54) is 244 Å². The molecule has 0 rings (SSSR count). The molecule has 0 saturated carbocycles. The SMILES string of the molecule is CCCCCCCCCCCCCCCCCCCCCCCC(=O)O[C@H](COC(=O)CCCCCCCCCCCCCCCCCCCCC)COP(=O)(O)OC[C@@H](O)COP(=O)(O)OC[C@@H](COC(=O)CCCCCCCCCC)OC(=O)CCCCCCCCCCC. The van der Waals surface area contributed by atoms with Gasteiger partial charge in [-0.1, -0.05) is 368 Å². The highest BCUT2D eigenvalue weighted by Crippen LogP contribution is 2.45. The van der Waals surface area contributed by atoms with Gasteiger partial charge in [0.25, 0.3) is 0 Å². The molecule has 0 aromatic carbocycles. The van der Waals surface area contributed by atoms with Crippen LogP contribution in [0.5, 0.6) is 0 Å². The number of carbonyl (C=O) groups excluding carboxylic acids is 4. The number of ether oxygens (including phenoxy) is 4. The monoisotopic (exact) mass is 1420 g/mol. The van der Waals surface area contributed by atoms with E-state index < -0.39 is 97.5 Å². The van der Waals surface area contributed by atoms with Gasteiger partial charge < -0.3 is 33.8 Å². The molecule has 19 heteroatoms. The molecule has 5 atom stereocenters. The van der Waals surface area contributed by atoms with Crippen molar-refractivity contribution in [1.82, 2.24) is 0 Å². The fourth-order valence-electron chi connectivity index (χ4n) is 12.1. The second kappa shape index (κ2) is 72.4. The van der Waals surface area contributed by atoms with Gasteiger partial charge in [-0.15, -0.1) is 0 Å². The molecule has 0 aromatic rings. The summed E-state index contributed by atoms with van der Waals surface area (Å²) in [6, 6.07) is 0. The first-order chi connectivity index (χ1) is 47.2. The summed E-state index contributed by atoms with van der Waals surface area (Å²) >= 11 is 0. The molecule has 0 heterocycles. The molecule has 3 N–H and O–H groups in total. The summed E-state index contributed by atoms with van der Waals surface area (Å²) in [6.45, 7) is 4.95. The normalized spacial score (nSPS) is 13.8. The molecule has 0 spiro atoms. The van der Waals surface area contributed by atoms with Crippen LogP contribution in [0, 0.1) is 0 Å². The fraction of sp³-hybridized carbons (Fsp3) is 0.949. The molecule has 2 unspecified atom stereocenters. The Morgan fingerprint density at radius 3 is 0.608 bits per heavy atom. The van der Waals surface area contributed by atoms with Gasteiger partial charge in [-0.25, -0.2) is 9.13 Å². The Labute approximate surface area is 594 Å². The molecule has 0 saturated heterocycles. The van der Waals surface area contributed by atoms with Crippen LogP contribution in [-0.2, 0) is 65.4 Å². The van der Waals surface area contributed by atoms with Crippen molar-refractivity contribution in [2.75, 3.05) is 39.6 Å². The molecule has 0 aliphatic rings. The number of rotatable bonds is 79. The summed E-state index contributed by atoms with van der Waals surface area (Å²) < 4.78 is 68.4. The highest BCUT2D eigenvalue weighted by atomic mass is 31.2. The topological polar surface area (TPSA) is 237 Å². The molecule has 0 amide bonds. The smallest absolute Gasteiger partial charge is 0.462 e. The Kier molecular flexibility index (Phi) is 71.0. The number of carbonyl (C=O) groups is 4. The van der Waals surface area contributed by atoms with Crippen LogP contribution in [0.1, 0.15) is 419 Å². The van der Waals surface area contributed by atoms with Crippen LogP contribution < -0.4 is 0 Å². The van der Waals surface area contributed by atoms with Gasteiger partial charge in [0.15, 0.2) is 12.2 Å². The van der Waals surface area contributed by atoms with Crippen molar-refractivity contribution in [2.45, 2.75) is 438 Å². The highest BCUT2D eigenvalue weighted by molar-refractivity contribution is 7.47. The summed E-state index contributed by atoms with van der Waals surface area (Å²) in [4.78, 5) is 72.7. The van der Waals surface area contributed by atoms with E-state index in [1.54, 1.807) is 0 Å². The van der Waals surface area contributed by atoms with Crippen LogP contribution in [-0.4, -0.2) is 96.7 Å². The van der Waals surface area contributed by atoms with E-state index in [1.807, 2.05) is 0 Å². The molecule has 0 aliphatic heterocycles. The molecular formula is C78H152O17P2. The Balaban J connectivity index is 5.14. The molecule has 17 nitrogen and oxygen atoms in total. The lowest BCUT2D eigenvalue weighted by atomic mass is 10.0. The van der Waals surface area contributed by atoms with Gasteiger partial charge in [0.05, 0.1) is 26.4 Å². The first kappa shape index (κ1) is 95.1. The number of unbranched alkanes of at least 4 members (excludes halogenated alkanes) is 53. The van der Waals surface area contributed by atoms with E-state index in [4.69, 9.17) is 37.0 Å². The number of aliphatic hydroxyl groups is 1. The number of hydrogen-bond donors (Lipinski definition) is 3. The second-order valence-electron chi connectivity index (χ2n) is 28.1. The van der Waals surface area contributed by atoms with Gasteiger partial charge in [0.1, 0.15) is 19.3 Å². The quantitative estimate of drug-likeness (QED) is 0.0222. The first-order valence-electron chi connectivity index (χ1n) is 40.8. The highest BCUT2D eigenvalue weighted by Gasteiger charge is 2.30. The van der Waals surface area contributed by atoms with Crippen LogP contribution in [0.2, 0.25) is 0 Å². The van der Waals surface area contributed by atoms with Crippen molar-refractivity contribution in [1.29, 1.82) is 0 Å². The number of phosphoric acid groups is 2. The minimum Gasteiger partial charge on any atom is -0.462 e. The van der Waals surface area contributed by atoms with Gasteiger partial charge in [-0.3, -0.25) is 37.3 Å². The van der Waals surface area contributed by atoms with Crippen LogP contribution in [0.25, 0.3) is 0 Å². The third-order valence-electron chi connectivity index (χ3n) is 18.4. The number of hydrogen-bond acceptors (Lipinski definition) is 15. The Bertz CT molecular complexity index is 1840. The van der Waals surface area contributed by atoms with E-state index in [2.05, 4.69) is 27.7 Å². The van der Waals surface area contributed by atoms with Gasteiger partial charge >= 0.3 is 39.5 Å². The van der Waals surface area contributed by atoms with Gasteiger partial charge in [0.2, 0.25) is 0 Å². The van der Waals surface area contributed by atoms with Crippen molar-refractivity contribution in [3.05, 3.63) is 0 Å². The maximum Gasteiger partial charge on any atom is 0.472 e. The van der Waals surface area contributed by atoms with Crippen molar-refractivity contribution < 1.29 is 80.2 Å². The lowest BCUT2D eigenvalue weighted by Crippen LogP contribution is -2.30. The van der Waals surface area contributed by atoms with Crippen LogP contribution >= 0.6 is 15.6 Å². The van der Waals surface area contributed by atoms with Crippen molar-refractivity contribution in [3.63, 3.8) is 0 Å². The van der Waals surface area contributed by atoms with E-state index in [0.717, 1.165) is 96.3 Å². The number of phosphoric ester groups is 2. The molecule has 576 valence electrons. The zero-order valence-corrected chi connectivity index (χ0v) is 64.8. The average Bonchev–Trinajstić information content (AvgIpc) is 2.28. The molecule has 97 heavy (non-hydrogen) atoms. The Morgan fingerprint density at radius 1 is 0.247 bits per heavy atom. The summed E-state index contributed by atoms with van der Waals surface area (Å²) in [5.41, 5.74) is 0. The minimum absolute atomic E-state index is 0.106. The lowest BCUT2D eigenvalue weighted by Gasteiger charge is -2.21. The zero-order chi connectivity index (χ0) is 71.1. The van der Waals surface area contributed by atoms with Gasteiger partial charge in [-0.2, -0.15) is 0 Å². The number of aliphatic hydroxyl groups excluding tert-OH is 1. The first-order valence-corrected chi connectivity index (χ1v) is 43.8. The maximum atomic E-state index is 13.1. The fourth-order valence-corrected chi connectivity index (χ4v) is 13.7. The van der Waals surface area contributed by atoms with Gasteiger partial charge in [0, 0.05) is 25.7 Å². The molecule has 0 radical (unpaired) electrons. The maximum absolute atomic E-state index is 13.1. The predicted molar refractivity (Wildman–Crippen MR) is 395 cm³/mol. The zero-order valence-electron chi connectivity index (χ0n) is 63.1. The third-order valence-corrected chi connectivity index (χ3v) is 20.3. The molecule has 0 fully saturated rings. The molecule has 0 aliphatic carbocycles. The number of esters is 4. The summed E-state index contributed by atoms with van der Waals surface area (Å²) in [6.07, 6.45) is 64.1.